The van der Waals surface area contributed by atoms with Gasteiger partial charge in [0.2, 0.25) is 0 Å². The first-order valence-corrected chi connectivity index (χ1v) is 8.77. The molecule has 124 valence electrons. The molecule has 0 radical (unpaired) electrons. The van der Waals surface area contributed by atoms with E-state index in [1.165, 1.54) is 23.6 Å². The minimum Gasteiger partial charge on any atom is -0.387 e. The first-order chi connectivity index (χ1) is 11.1. The van der Waals surface area contributed by atoms with Crippen LogP contribution in [0, 0.1) is 0 Å². The minimum atomic E-state index is -0.421. The van der Waals surface area contributed by atoms with Gasteiger partial charge in [-0.05, 0) is 42.3 Å². The Hall–Kier alpha value is -1.42. The molecule has 0 saturated carbocycles. The number of likely N-dealkylation sites (tertiary alicyclic amines) is 1. The maximum atomic E-state index is 10.7. The lowest BCUT2D eigenvalue weighted by molar-refractivity contribution is 0.0942. The van der Waals surface area contributed by atoms with Gasteiger partial charge in [0.1, 0.15) is 0 Å². The van der Waals surface area contributed by atoms with Crippen molar-refractivity contribution in [2.75, 3.05) is 19.6 Å². The second kappa shape index (κ2) is 7.43. The predicted molar refractivity (Wildman–Crippen MR) is 96.6 cm³/mol. The van der Waals surface area contributed by atoms with E-state index in [2.05, 4.69) is 48.3 Å². The number of nitrogens with one attached hydrogen (secondary N) is 1. The van der Waals surface area contributed by atoms with Crippen LogP contribution in [0.5, 0.6) is 0 Å². The van der Waals surface area contributed by atoms with E-state index in [-0.39, 0.29) is 0 Å². The Labute approximate surface area is 139 Å². The van der Waals surface area contributed by atoms with Crippen molar-refractivity contribution in [1.82, 2.24) is 10.2 Å². The Kier molecular flexibility index (Phi) is 5.31. The lowest BCUT2D eigenvalue weighted by Crippen LogP contribution is -2.45. The highest BCUT2D eigenvalue weighted by atomic mass is 16.3. The molecule has 1 fully saturated rings. The van der Waals surface area contributed by atoms with Crippen LogP contribution < -0.4 is 5.32 Å². The molecule has 2 aromatic rings. The standard InChI is InChI=1S/C20H28N2O/c1-15(2)21-17-10-12-22(13-11-17)14-20(23)19-9-5-7-16-6-3-4-8-18(16)19/h3-9,15,17,20-21,23H,10-14H2,1-2H3/t20-/m0/s1. The predicted octanol–water partition coefficient (Wildman–Crippen LogP) is 3.34. The van der Waals surface area contributed by atoms with Crippen molar-refractivity contribution in [3.63, 3.8) is 0 Å². The maximum absolute atomic E-state index is 10.7. The fourth-order valence-corrected chi connectivity index (χ4v) is 3.64. The van der Waals surface area contributed by atoms with E-state index < -0.39 is 6.10 Å². The zero-order chi connectivity index (χ0) is 16.2. The van der Waals surface area contributed by atoms with Gasteiger partial charge in [-0.3, -0.25) is 0 Å². The van der Waals surface area contributed by atoms with E-state index in [9.17, 15) is 5.11 Å². The Morgan fingerprint density at radius 2 is 1.78 bits per heavy atom. The van der Waals surface area contributed by atoms with Crippen molar-refractivity contribution >= 4 is 10.8 Å². The number of fused-ring (bicyclic) bond motifs is 1. The molecule has 1 aliphatic rings. The van der Waals surface area contributed by atoms with Gasteiger partial charge in [0.15, 0.2) is 0 Å². The number of rotatable bonds is 5. The summed E-state index contributed by atoms with van der Waals surface area (Å²) in [5, 5.41) is 16.7. The van der Waals surface area contributed by atoms with Crippen LogP contribution in [-0.2, 0) is 0 Å². The van der Waals surface area contributed by atoms with E-state index in [1.807, 2.05) is 18.2 Å². The molecule has 3 heteroatoms. The zero-order valence-electron chi connectivity index (χ0n) is 14.2. The molecule has 3 nitrogen and oxygen atoms in total. The summed E-state index contributed by atoms with van der Waals surface area (Å²) in [6.07, 6.45) is 1.91. The molecule has 0 aliphatic carbocycles. The van der Waals surface area contributed by atoms with Crippen LogP contribution in [0.2, 0.25) is 0 Å². The van der Waals surface area contributed by atoms with Crippen molar-refractivity contribution in [2.24, 2.45) is 0 Å². The lowest BCUT2D eigenvalue weighted by Gasteiger charge is -2.34. The van der Waals surface area contributed by atoms with Crippen LogP contribution >= 0.6 is 0 Å². The van der Waals surface area contributed by atoms with Crippen LogP contribution in [0.4, 0.5) is 0 Å². The molecular weight excluding hydrogens is 284 g/mol. The molecule has 0 bridgehead atoms. The second-order valence-corrected chi connectivity index (χ2v) is 6.98. The van der Waals surface area contributed by atoms with Crippen molar-refractivity contribution in [1.29, 1.82) is 0 Å². The largest absolute Gasteiger partial charge is 0.387 e. The van der Waals surface area contributed by atoms with Crippen molar-refractivity contribution in [3.8, 4) is 0 Å². The normalized spacial score (nSPS) is 18.6. The van der Waals surface area contributed by atoms with Gasteiger partial charge in [-0.25, -0.2) is 0 Å². The third-order valence-corrected chi connectivity index (χ3v) is 4.77. The zero-order valence-corrected chi connectivity index (χ0v) is 14.2. The average Bonchev–Trinajstić information content (AvgIpc) is 2.55. The monoisotopic (exact) mass is 312 g/mol. The van der Waals surface area contributed by atoms with E-state index in [0.717, 1.165) is 25.2 Å². The minimum absolute atomic E-state index is 0.421. The van der Waals surface area contributed by atoms with Crippen LogP contribution in [0.15, 0.2) is 42.5 Å². The molecule has 1 atom stereocenters. The number of benzene rings is 2. The fraction of sp³-hybridized carbons (Fsp3) is 0.500. The first-order valence-electron chi connectivity index (χ1n) is 8.77. The Balaban J connectivity index is 1.62. The van der Waals surface area contributed by atoms with Crippen LogP contribution in [0.1, 0.15) is 38.4 Å². The van der Waals surface area contributed by atoms with Gasteiger partial charge in [-0.2, -0.15) is 0 Å². The van der Waals surface area contributed by atoms with E-state index >= 15 is 0 Å². The van der Waals surface area contributed by atoms with Crippen molar-refractivity contribution < 1.29 is 5.11 Å². The fourth-order valence-electron chi connectivity index (χ4n) is 3.64. The molecule has 0 spiro atoms. The molecule has 0 aromatic heterocycles. The highest BCUT2D eigenvalue weighted by molar-refractivity contribution is 5.85. The summed E-state index contributed by atoms with van der Waals surface area (Å²) in [7, 11) is 0. The average molecular weight is 312 g/mol. The third-order valence-electron chi connectivity index (χ3n) is 4.77. The van der Waals surface area contributed by atoms with Gasteiger partial charge in [-0.15, -0.1) is 0 Å². The molecule has 0 amide bonds. The SMILES string of the molecule is CC(C)NC1CCN(C[C@H](O)c2cccc3ccccc23)CC1. The number of nitrogens with zero attached hydrogens (tertiary/aromatic N) is 1. The Bertz CT molecular complexity index is 627. The molecule has 2 aromatic carbocycles. The van der Waals surface area contributed by atoms with Gasteiger partial charge in [0.25, 0.3) is 0 Å². The molecular formula is C20H28N2O. The van der Waals surface area contributed by atoms with E-state index in [0.29, 0.717) is 12.1 Å². The van der Waals surface area contributed by atoms with Gasteiger partial charge in [-0.1, -0.05) is 56.3 Å². The Morgan fingerprint density at radius 3 is 2.52 bits per heavy atom. The molecule has 1 saturated heterocycles. The van der Waals surface area contributed by atoms with Gasteiger partial charge in [0.05, 0.1) is 6.10 Å². The summed E-state index contributed by atoms with van der Waals surface area (Å²) >= 11 is 0. The molecule has 0 unspecified atom stereocenters. The summed E-state index contributed by atoms with van der Waals surface area (Å²) in [5.74, 6) is 0. The maximum Gasteiger partial charge on any atom is 0.0922 e. The molecule has 1 aliphatic heterocycles. The van der Waals surface area contributed by atoms with Gasteiger partial charge >= 0.3 is 0 Å². The lowest BCUT2D eigenvalue weighted by atomic mass is 9.98. The number of β-amino-alcohol motifs (C(OH)–C–C–N with tert-alkyl or cyclic N) is 1. The topological polar surface area (TPSA) is 35.5 Å². The quantitative estimate of drug-likeness (QED) is 0.889. The van der Waals surface area contributed by atoms with Crippen LogP contribution in [-0.4, -0.2) is 41.7 Å². The summed E-state index contributed by atoms with van der Waals surface area (Å²) < 4.78 is 0. The van der Waals surface area contributed by atoms with Crippen molar-refractivity contribution in [2.45, 2.75) is 44.9 Å². The van der Waals surface area contributed by atoms with E-state index in [4.69, 9.17) is 0 Å². The molecule has 2 N–H and O–H groups in total. The number of piperidine rings is 1. The summed E-state index contributed by atoms with van der Waals surface area (Å²) in [6.45, 7) is 7.26. The summed E-state index contributed by atoms with van der Waals surface area (Å²) in [4.78, 5) is 2.39. The smallest absolute Gasteiger partial charge is 0.0922 e. The molecule has 3 rings (SSSR count). The number of aliphatic hydroxyl groups excluding tert-OH is 1. The highest BCUT2D eigenvalue weighted by Gasteiger charge is 2.22. The second-order valence-electron chi connectivity index (χ2n) is 6.98. The highest BCUT2D eigenvalue weighted by Crippen LogP contribution is 2.25. The summed E-state index contributed by atoms with van der Waals surface area (Å²) in [5.41, 5.74) is 1.05. The first kappa shape index (κ1) is 16.4. The van der Waals surface area contributed by atoms with Crippen LogP contribution in [0.3, 0.4) is 0 Å². The number of hydrogen-bond acceptors (Lipinski definition) is 3. The molecule has 23 heavy (non-hydrogen) atoms. The van der Waals surface area contributed by atoms with Gasteiger partial charge in [0, 0.05) is 18.6 Å². The third kappa shape index (κ3) is 4.11. The van der Waals surface area contributed by atoms with Gasteiger partial charge < -0.3 is 15.3 Å². The van der Waals surface area contributed by atoms with Crippen LogP contribution in [0.25, 0.3) is 10.8 Å². The van der Waals surface area contributed by atoms with Crippen molar-refractivity contribution in [3.05, 3.63) is 48.0 Å². The number of hydrogen-bond donors (Lipinski definition) is 2. The summed E-state index contributed by atoms with van der Waals surface area (Å²) in [6, 6.07) is 15.7. The van der Waals surface area contributed by atoms with E-state index in [1.54, 1.807) is 0 Å². The molecule has 1 heterocycles. The Morgan fingerprint density at radius 1 is 1.09 bits per heavy atom. The number of aliphatic hydroxyl groups is 1.